The number of nitrogens with one attached hydrogen (secondary N) is 1. The minimum absolute atomic E-state index is 0.0280. The molecule has 2 atom stereocenters. The van der Waals surface area contributed by atoms with E-state index < -0.39 is 0 Å². The van der Waals surface area contributed by atoms with Gasteiger partial charge in [0.15, 0.2) is 11.5 Å². The van der Waals surface area contributed by atoms with E-state index in [1.807, 2.05) is 18.2 Å². The lowest BCUT2D eigenvalue weighted by Crippen LogP contribution is -2.29. The predicted molar refractivity (Wildman–Crippen MR) is 83.2 cm³/mol. The van der Waals surface area contributed by atoms with E-state index in [2.05, 4.69) is 5.32 Å². The first-order valence-electron chi connectivity index (χ1n) is 7.24. The summed E-state index contributed by atoms with van der Waals surface area (Å²) < 4.78 is 10.4. The Labute approximate surface area is 130 Å². The standard InChI is InChI=1S/C16H22ClNO3/c1-20-14-6-4-11(8-15(14)21-2)9-16(19)18-10-12-3-5-13(17)7-12/h4,6,8,12-13H,3,5,7,9-10H2,1-2H3,(H,18,19). The highest BCUT2D eigenvalue weighted by atomic mass is 35.5. The Bertz CT molecular complexity index is 492. The number of methoxy groups -OCH3 is 2. The number of ether oxygens (including phenoxy) is 2. The smallest absolute Gasteiger partial charge is 0.224 e. The van der Waals surface area contributed by atoms with Crippen LogP contribution in [0.3, 0.4) is 0 Å². The molecule has 1 aromatic carbocycles. The van der Waals surface area contributed by atoms with Crippen molar-refractivity contribution in [3.8, 4) is 11.5 Å². The molecule has 2 unspecified atom stereocenters. The van der Waals surface area contributed by atoms with E-state index >= 15 is 0 Å². The van der Waals surface area contributed by atoms with Crippen LogP contribution in [0, 0.1) is 5.92 Å². The van der Waals surface area contributed by atoms with Crippen LogP contribution in [0.15, 0.2) is 18.2 Å². The molecule has 2 rings (SSSR count). The van der Waals surface area contributed by atoms with Gasteiger partial charge in [-0.05, 0) is 42.9 Å². The summed E-state index contributed by atoms with van der Waals surface area (Å²) in [5, 5.41) is 3.27. The maximum absolute atomic E-state index is 12.0. The summed E-state index contributed by atoms with van der Waals surface area (Å²) >= 11 is 6.08. The molecule has 116 valence electrons. The maximum Gasteiger partial charge on any atom is 0.224 e. The highest BCUT2D eigenvalue weighted by Crippen LogP contribution is 2.29. The molecule has 1 aliphatic rings. The van der Waals surface area contributed by atoms with Gasteiger partial charge in [0.2, 0.25) is 5.91 Å². The molecule has 1 saturated carbocycles. The molecular weight excluding hydrogens is 290 g/mol. The average Bonchev–Trinajstić information content (AvgIpc) is 2.90. The third kappa shape index (κ3) is 4.53. The molecule has 1 aromatic rings. The number of carbonyl (C=O) groups excluding carboxylic acids is 1. The second-order valence-electron chi connectivity index (χ2n) is 5.45. The Morgan fingerprint density at radius 3 is 2.67 bits per heavy atom. The van der Waals surface area contributed by atoms with Gasteiger partial charge in [0.1, 0.15) is 0 Å². The van der Waals surface area contributed by atoms with Gasteiger partial charge in [-0.2, -0.15) is 0 Å². The van der Waals surface area contributed by atoms with Crippen LogP contribution in [0.2, 0.25) is 0 Å². The molecule has 1 fully saturated rings. The largest absolute Gasteiger partial charge is 0.493 e. The second-order valence-corrected chi connectivity index (χ2v) is 6.06. The SMILES string of the molecule is COc1ccc(CC(=O)NCC2CCC(Cl)C2)cc1OC. The minimum Gasteiger partial charge on any atom is -0.493 e. The number of halogens is 1. The molecule has 0 saturated heterocycles. The van der Waals surface area contributed by atoms with Crippen molar-refractivity contribution in [1.82, 2.24) is 5.32 Å². The van der Waals surface area contributed by atoms with E-state index in [1.165, 1.54) is 0 Å². The first-order chi connectivity index (χ1) is 10.1. The minimum atomic E-state index is 0.0280. The molecular formula is C16H22ClNO3. The number of carbonyl (C=O) groups is 1. The molecule has 0 radical (unpaired) electrons. The van der Waals surface area contributed by atoms with E-state index in [9.17, 15) is 4.79 Å². The Hall–Kier alpha value is -1.42. The lowest BCUT2D eigenvalue weighted by Gasteiger charge is -2.12. The number of hydrogen-bond donors (Lipinski definition) is 1. The van der Waals surface area contributed by atoms with Crippen LogP contribution in [-0.4, -0.2) is 32.0 Å². The Morgan fingerprint density at radius 1 is 1.29 bits per heavy atom. The lowest BCUT2D eigenvalue weighted by molar-refractivity contribution is -0.120. The van der Waals surface area contributed by atoms with E-state index in [0.29, 0.717) is 23.8 Å². The molecule has 4 nitrogen and oxygen atoms in total. The van der Waals surface area contributed by atoms with Crippen LogP contribution < -0.4 is 14.8 Å². The van der Waals surface area contributed by atoms with Gasteiger partial charge in [-0.1, -0.05) is 6.07 Å². The Morgan fingerprint density at radius 2 is 2.05 bits per heavy atom. The fraction of sp³-hybridized carbons (Fsp3) is 0.562. The van der Waals surface area contributed by atoms with Gasteiger partial charge in [-0.3, -0.25) is 4.79 Å². The monoisotopic (exact) mass is 311 g/mol. The third-order valence-corrected chi connectivity index (χ3v) is 4.27. The molecule has 5 heteroatoms. The molecule has 0 aromatic heterocycles. The summed E-state index contributed by atoms with van der Waals surface area (Å²) in [6.07, 6.45) is 3.50. The molecule has 0 aliphatic heterocycles. The Balaban J connectivity index is 1.84. The fourth-order valence-corrected chi connectivity index (χ4v) is 3.07. The van der Waals surface area contributed by atoms with E-state index in [1.54, 1.807) is 14.2 Å². The van der Waals surface area contributed by atoms with Crippen molar-refractivity contribution in [2.75, 3.05) is 20.8 Å². The van der Waals surface area contributed by atoms with Crippen molar-refractivity contribution in [1.29, 1.82) is 0 Å². The topological polar surface area (TPSA) is 47.6 Å². The van der Waals surface area contributed by atoms with E-state index in [0.717, 1.165) is 31.4 Å². The quantitative estimate of drug-likeness (QED) is 0.822. The van der Waals surface area contributed by atoms with Crippen molar-refractivity contribution in [3.05, 3.63) is 23.8 Å². The van der Waals surface area contributed by atoms with Gasteiger partial charge < -0.3 is 14.8 Å². The van der Waals surface area contributed by atoms with Crippen molar-refractivity contribution >= 4 is 17.5 Å². The van der Waals surface area contributed by atoms with Crippen LogP contribution in [0.1, 0.15) is 24.8 Å². The van der Waals surface area contributed by atoms with Crippen molar-refractivity contribution in [2.45, 2.75) is 31.1 Å². The summed E-state index contributed by atoms with van der Waals surface area (Å²) in [6.45, 7) is 0.718. The normalized spacial score (nSPS) is 21.1. The number of benzene rings is 1. The van der Waals surface area contributed by atoms with Gasteiger partial charge in [0.05, 0.1) is 20.6 Å². The van der Waals surface area contributed by atoms with Crippen LogP contribution >= 0.6 is 11.6 Å². The molecule has 21 heavy (non-hydrogen) atoms. The van der Waals surface area contributed by atoms with Gasteiger partial charge in [-0.25, -0.2) is 0 Å². The van der Waals surface area contributed by atoms with Crippen molar-refractivity contribution in [3.63, 3.8) is 0 Å². The molecule has 0 heterocycles. The molecule has 0 spiro atoms. The summed E-state index contributed by atoms with van der Waals surface area (Å²) in [4.78, 5) is 12.0. The predicted octanol–water partition coefficient (Wildman–Crippen LogP) is 2.77. The first-order valence-corrected chi connectivity index (χ1v) is 7.67. The van der Waals surface area contributed by atoms with Crippen LogP contribution in [-0.2, 0) is 11.2 Å². The summed E-state index contributed by atoms with van der Waals surface area (Å²) in [5.74, 6) is 1.85. The molecule has 1 N–H and O–H groups in total. The highest BCUT2D eigenvalue weighted by Gasteiger charge is 2.23. The molecule has 1 aliphatic carbocycles. The number of rotatable bonds is 6. The van der Waals surface area contributed by atoms with Crippen LogP contribution in [0.25, 0.3) is 0 Å². The van der Waals surface area contributed by atoms with E-state index in [4.69, 9.17) is 21.1 Å². The summed E-state index contributed by atoms with van der Waals surface area (Å²) in [5.41, 5.74) is 0.909. The molecule has 1 amide bonds. The second kappa shape index (κ2) is 7.55. The van der Waals surface area contributed by atoms with Crippen LogP contribution in [0.4, 0.5) is 0 Å². The number of alkyl halides is 1. The van der Waals surface area contributed by atoms with Gasteiger partial charge in [-0.15, -0.1) is 11.6 Å². The average molecular weight is 312 g/mol. The number of amides is 1. The maximum atomic E-state index is 12.0. The lowest BCUT2D eigenvalue weighted by atomic mass is 10.1. The zero-order valence-corrected chi connectivity index (χ0v) is 13.3. The Kier molecular flexibility index (Phi) is 5.74. The first kappa shape index (κ1) is 16.0. The zero-order chi connectivity index (χ0) is 15.2. The van der Waals surface area contributed by atoms with Crippen molar-refractivity contribution in [2.24, 2.45) is 5.92 Å². The van der Waals surface area contributed by atoms with Gasteiger partial charge in [0.25, 0.3) is 0 Å². The van der Waals surface area contributed by atoms with E-state index in [-0.39, 0.29) is 11.3 Å². The number of hydrogen-bond acceptors (Lipinski definition) is 3. The third-order valence-electron chi connectivity index (χ3n) is 3.88. The zero-order valence-electron chi connectivity index (χ0n) is 12.5. The summed E-state index contributed by atoms with van der Waals surface area (Å²) in [6, 6.07) is 5.53. The van der Waals surface area contributed by atoms with Crippen molar-refractivity contribution < 1.29 is 14.3 Å². The fourth-order valence-electron chi connectivity index (χ4n) is 2.70. The summed E-state index contributed by atoms with van der Waals surface area (Å²) in [7, 11) is 3.18. The van der Waals surface area contributed by atoms with Crippen LogP contribution in [0.5, 0.6) is 11.5 Å². The molecule has 0 bridgehead atoms. The van der Waals surface area contributed by atoms with Gasteiger partial charge in [0, 0.05) is 11.9 Å². The van der Waals surface area contributed by atoms with Gasteiger partial charge >= 0.3 is 0 Å². The highest BCUT2D eigenvalue weighted by molar-refractivity contribution is 6.20.